The number of aromatic nitrogens is 1. The van der Waals surface area contributed by atoms with E-state index in [1.807, 2.05) is 13.8 Å². The summed E-state index contributed by atoms with van der Waals surface area (Å²) in [5.74, 6) is 1.01. The Morgan fingerprint density at radius 2 is 2.04 bits per heavy atom. The first kappa shape index (κ1) is 18.1. The number of urea groups is 1. The van der Waals surface area contributed by atoms with E-state index in [1.165, 1.54) is 4.90 Å². The second-order valence-corrected chi connectivity index (χ2v) is 7.16. The minimum atomic E-state index is -0.401. The molecule has 3 amide bonds. The van der Waals surface area contributed by atoms with Crippen molar-refractivity contribution in [3.8, 4) is 6.07 Å². The molecule has 2 aliphatic rings. The number of pyridine rings is 1. The van der Waals surface area contributed by atoms with Gasteiger partial charge in [-0.2, -0.15) is 5.26 Å². The molecule has 1 unspecified atom stereocenters. The van der Waals surface area contributed by atoms with Gasteiger partial charge in [-0.1, -0.05) is 13.8 Å². The average molecular weight is 356 g/mol. The predicted molar refractivity (Wildman–Crippen MR) is 96.2 cm³/mol. The first-order valence-electron chi connectivity index (χ1n) is 8.93. The predicted octanol–water partition coefficient (Wildman–Crippen LogP) is 0.999. The molecule has 0 spiro atoms. The molecule has 8 nitrogen and oxygen atoms in total. The number of hydrogen-bond acceptors (Lipinski definition) is 6. The zero-order valence-electron chi connectivity index (χ0n) is 15.2. The van der Waals surface area contributed by atoms with E-state index in [9.17, 15) is 9.59 Å². The van der Waals surface area contributed by atoms with E-state index in [-0.39, 0.29) is 11.9 Å². The van der Waals surface area contributed by atoms with Crippen molar-refractivity contribution in [2.24, 2.45) is 5.92 Å². The van der Waals surface area contributed by atoms with Crippen LogP contribution in [0.5, 0.6) is 0 Å². The summed E-state index contributed by atoms with van der Waals surface area (Å²) in [5.41, 5.74) is 0.591. The van der Waals surface area contributed by atoms with Crippen molar-refractivity contribution >= 4 is 17.8 Å². The van der Waals surface area contributed by atoms with Gasteiger partial charge in [0.1, 0.15) is 11.9 Å². The van der Waals surface area contributed by atoms with Gasteiger partial charge in [0.05, 0.1) is 18.3 Å². The fourth-order valence-electron chi connectivity index (χ4n) is 3.32. The van der Waals surface area contributed by atoms with E-state index in [0.717, 1.165) is 32.0 Å². The molecular formula is C18H24N6O2. The number of carbonyl (C=O) groups excluding carboxylic acids is 2. The summed E-state index contributed by atoms with van der Waals surface area (Å²) in [6.07, 6.45) is 2.30. The third-order valence-electron chi connectivity index (χ3n) is 4.73. The van der Waals surface area contributed by atoms with Crippen LogP contribution in [0.15, 0.2) is 18.3 Å². The number of nitrogens with one attached hydrogen (secondary N) is 1. The molecule has 0 bridgehead atoms. The van der Waals surface area contributed by atoms with Gasteiger partial charge in [0.15, 0.2) is 0 Å². The quantitative estimate of drug-likeness (QED) is 0.791. The first-order chi connectivity index (χ1) is 12.5. The minimum Gasteiger partial charge on any atom is -0.354 e. The lowest BCUT2D eigenvalue weighted by Gasteiger charge is -2.36. The van der Waals surface area contributed by atoms with Gasteiger partial charge in [-0.15, -0.1) is 0 Å². The first-order valence-corrected chi connectivity index (χ1v) is 8.93. The largest absolute Gasteiger partial charge is 0.354 e. The molecule has 2 aliphatic heterocycles. The van der Waals surface area contributed by atoms with E-state index in [2.05, 4.69) is 26.2 Å². The highest BCUT2D eigenvalue weighted by atomic mass is 16.2. The Kier molecular flexibility index (Phi) is 5.38. The molecule has 0 aromatic carbocycles. The van der Waals surface area contributed by atoms with Crippen LogP contribution in [0.25, 0.3) is 0 Å². The van der Waals surface area contributed by atoms with E-state index in [1.54, 1.807) is 18.3 Å². The molecule has 26 heavy (non-hydrogen) atoms. The van der Waals surface area contributed by atoms with Crippen LogP contribution in [0, 0.1) is 17.2 Å². The second-order valence-electron chi connectivity index (χ2n) is 7.16. The summed E-state index contributed by atoms with van der Waals surface area (Å²) in [5, 5.41) is 11.8. The molecule has 1 aromatic rings. The molecule has 3 heterocycles. The maximum Gasteiger partial charge on any atom is 0.325 e. The topological polar surface area (TPSA) is 92.6 Å². The molecule has 8 heteroatoms. The molecule has 0 saturated carbocycles. The molecule has 0 aliphatic carbocycles. The zero-order chi connectivity index (χ0) is 18.7. The molecule has 138 valence electrons. The number of carbonyl (C=O) groups is 2. The van der Waals surface area contributed by atoms with Crippen molar-refractivity contribution in [1.29, 1.82) is 5.26 Å². The highest BCUT2D eigenvalue weighted by molar-refractivity contribution is 6.04. The van der Waals surface area contributed by atoms with Gasteiger partial charge in [0.2, 0.25) is 0 Å². The van der Waals surface area contributed by atoms with Crippen LogP contribution in [0.3, 0.4) is 0 Å². The van der Waals surface area contributed by atoms with Gasteiger partial charge in [-0.25, -0.2) is 14.7 Å². The fraction of sp³-hybridized carbons (Fsp3) is 0.556. The molecule has 3 rings (SSSR count). The van der Waals surface area contributed by atoms with Crippen molar-refractivity contribution in [2.75, 3.05) is 37.7 Å². The molecule has 2 saturated heterocycles. The maximum absolute atomic E-state index is 12.4. The van der Waals surface area contributed by atoms with Gasteiger partial charge in [0.25, 0.3) is 5.91 Å². The Morgan fingerprint density at radius 3 is 2.69 bits per heavy atom. The number of imide groups is 1. The molecule has 2 fully saturated rings. The van der Waals surface area contributed by atoms with Gasteiger partial charge in [0, 0.05) is 32.4 Å². The normalized spacial score (nSPS) is 21.2. The zero-order valence-corrected chi connectivity index (χ0v) is 15.2. The Hall–Kier alpha value is -2.66. The Bertz CT molecular complexity index is 721. The molecule has 1 N–H and O–H groups in total. The van der Waals surface area contributed by atoms with Crippen molar-refractivity contribution < 1.29 is 9.59 Å². The van der Waals surface area contributed by atoms with E-state index in [4.69, 9.17) is 5.26 Å². The highest BCUT2D eigenvalue weighted by Crippen LogP contribution is 2.17. The molecule has 1 aromatic heterocycles. The SMILES string of the molecule is CC(C)CC1NC(=O)N(CN2CCN(c3cc(C#N)ccn3)CC2)C1=O. The van der Waals surface area contributed by atoms with E-state index in [0.29, 0.717) is 24.6 Å². The molecular weight excluding hydrogens is 332 g/mol. The minimum absolute atomic E-state index is 0.130. The monoisotopic (exact) mass is 356 g/mol. The van der Waals surface area contributed by atoms with Crippen LogP contribution in [-0.2, 0) is 4.79 Å². The number of anilines is 1. The maximum atomic E-state index is 12.4. The van der Waals surface area contributed by atoms with Crippen molar-refractivity contribution in [1.82, 2.24) is 20.1 Å². The smallest absolute Gasteiger partial charge is 0.325 e. The van der Waals surface area contributed by atoms with E-state index >= 15 is 0 Å². The number of nitrogens with zero attached hydrogens (tertiary/aromatic N) is 5. The Morgan fingerprint density at radius 1 is 1.31 bits per heavy atom. The van der Waals surface area contributed by atoms with Crippen LogP contribution in [-0.4, -0.2) is 65.6 Å². The Labute approximate surface area is 153 Å². The van der Waals surface area contributed by atoms with Crippen LogP contribution < -0.4 is 10.2 Å². The highest BCUT2D eigenvalue weighted by Gasteiger charge is 2.39. The van der Waals surface area contributed by atoms with Crippen LogP contribution in [0.4, 0.5) is 10.6 Å². The van der Waals surface area contributed by atoms with Gasteiger partial charge >= 0.3 is 6.03 Å². The standard InChI is InChI=1S/C18H24N6O2/c1-13(2)9-15-17(25)24(18(26)21-15)12-22-5-7-23(8-6-22)16-10-14(11-19)3-4-20-16/h3-4,10,13,15H,5-9,12H2,1-2H3,(H,21,26). The van der Waals surface area contributed by atoms with Crippen molar-refractivity contribution in [3.63, 3.8) is 0 Å². The third kappa shape index (κ3) is 3.94. The third-order valence-corrected chi connectivity index (χ3v) is 4.73. The summed E-state index contributed by atoms with van der Waals surface area (Å²) >= 11 is 0. The molecule has 1 atom stereocenters. The summed E-state index contributed by atoms with van der Waals surface area (Å²) in [6, 6.07) is 4.89. The lowest BCUT2D eigenvalue weighted by Crippen LogP contribution is -2.51. The summed E-state index contributed by atoms with van der Waals surface area (Å²) in [7, 11) is 0. The average Bonchev–Trinajstić information content (AvgIpc) is 2.89. The number of piperazine rings is 1. The van der Waals surface area contributed by atoms with Crippen molar-refractivity contribution in [2.45, 2.75) is 26.3 Å². The summed E-state index contributed by atoms with van der Waals surface area (Å²) < 4.78 is 0. The summed E-state index contributed by atoms with van der Waals surface area (Å²) in [4.78, 5) is 34.4. The molecule has 0 radical (unpaired) electrons. The van der Waals surface area contributed by atoms with Gasteiger partial charge in [-0.3, -0.25) is 9.69 Å². The van der Waals surface area contributed by atoms with Gasteiger partial charge in [-0.05, 0) is 24.5 Å². The number of amides is 3. The summed E-state index contributed by atoms with van der Waals surface area (Å²) in [6.45, 7) is 7.32. The lowest BCUT2D eigenvalue weighted by molar-refractivity contribution is -0.129. The van der Waals surface area contributed by atoms with E-state index < -0.39 is 6.04 Å². The fourth-order valence-corrected chi connectivity index (χ4v) is 3.32. The van der Waals surface area contributed by atoms with Crippen LogP contribution >= 0.6 is 0 Å². The second kappa shape index (κ2) is 7.70. The van der Waals surface area contributed by atoms with Crippen molar-refractivity contribution in [3.05, 3.63) is 23.9 Å². The van der Waals surface area contributed by atoms with Gasteiger partial charge < -0.3 is 10.2 Å². The van der Waals surface area contributed by atoms with Crippen LogP contribution in [0.1, 0.15) is 25.8 Å². The Balaban J connectivity index is 1.55. The number of nitriles is 1. The van der Waals surface area contributed by atoms with Crippen LogP contribution in [0.2, 0.25) is 0 Å². The number of rotatable bonds is 5. The number of hydrogen-bond donors (Lipinski definition) is 1. The lowest BCUT2D eigenvalue weighted by atomic mass is 10.0.